The molecular weight excluding hydrogens is 229 g/mol. The van der Waals surface area contributed by atoms with E-state index >= 15 is 0 Å². The number of amides is 1. The number of nitrogens with two attached hydrogens (primary N) is 1. The minimum Gasteiger partial charge on any atom is -0.382 e. The number of nitrogens with one attached hydrogen (secondary N) is 1. The van der Waals surface area contributed by atoms with Crippen molar-refractivity contribution in [3.8, 4) is 0 Å². The Labute approximate surface area is 90.7 Å². The third kappa shape index (κ3) is 9.69. The molecule has 0 aliphatic heterocycles. The Bertz CT molecular complexity index is 211. The fourth-order valence-electron chi connectivity index (χ4n) is 0.826. The van der Waals surface area contributed by atoms with Gasteiger partial charge in [0.2, 0.25) is 5.91 Å². The van der Waals surface area contributed by atoms with E-state index in [9.17, 15) is 18.0 Å². The fourth-order valence-corrected chi connectivity index (χ4v) is 0.826. The first-order chi connectivity index (χ1) is 7.33. The number of halogens is 3. The largest absolute Gasteiger partial charge is 0.411 e. The Morgan fingerprint density at radius 1 is 1.50 bits per heavy atom. The normalized spacial score (nSPS) is 13.8. The van der Waals surface area contributed by atoms with E-state index in [1.165, 1.54) is 0 Å². The van der Waals surface area contributed by atoms with Crippen molar-refractivity contribution in [3.05, 3.63) is 0 Å². The van der Waals surface area contributed by atoms with E-state index in [0.29, 0.717) is 13.0 Å². The highest BCUT2D eigenvalue weighted by atomic mass is 19.4. The van der Waals surface area contributed by atoms with Crippen molar-refractivity contribution in [1.29, 1.82) is 0 Å². The monoisotopic (exact) mass is 244 g/mol. The Hall–Kier alpha value is -0.860. The van der Waals surface area contributed by atoms with Gasteiger partial charge in [-0.2, -0.15) is 13.2 Å². The minimum absolute atomic E-state index is 0.0192. The highest BCUT2D eigenvalue weighted by Gasteiger charge is 2.27. The van der Waals surface area contributed by atoms with Gasteiger partial charge in [0.25, 0.3) is 0 Å². The third-order valence-electron chi connectivity index (χ3n) is 1.57. The average Bonchev–Trinajstić information content (AvgIpc) is 2.14. The summed E-state index contributed by atoms with van der Waals surface area (Å²) in [5.74, 6) is -0.846. The van der Waals surface area contributed by atoms with Crippen LogP contribution < -0.4 is 11.1 Å². The van der Waals surface area contributed by atoms with Crippen LogP contribution in [0.15, 0.2) is 0 Å². The highest BCUT2D eigenvalue weighted by Crippen LogP contribution is 2.14. The molecule has 5 nitrogen and oxygen atoms in total. The lowest BCUT2D eigenvalue weighted by Gasteiger charge is -2.09. The zero-order chi connectivity index (χ0) is 12.6. The zero-order valence-corrected chi connectivity index (χ0v) is 8.59. The molecule has 4 N–H and O–H groups in total. The van der Waals surface area contributed by atoms with Gasteiger partial charge in [-0.25, -0.2) is 0 Å². The number of hydrogen-bond donors (Lipinski definition) is 3. The molecule has 0 aliphatic rings. The van der Waals surface area contributed by atoms with Gasteiger partial charge >= 0.3 is 6.18 Å². The SMILES string of the molecule is NC(=O)C(O)CNCCCOCC(F)(F)F. The van der Waals surface area contributed by atoms with Crippen LogP contribution >= 0.6 is 0 Å². The summed E-state index contributed by atoms with van der Waals surface area (Å²) in [6, 6.07) is 0. The molecule has 0 aliphatic carbocycles. The molecule has 0 rings (SSSR count). The second-order valence-corrected chi connectivity index (χ2v) is 3.14. The molecule has 1 unspecified atom stereocenters. The maximum absolute atomic E-state index is 11.6. The summed E-state index contributed by atoms with van der Waals surface area (Å²) in [4.78, 5) is 10.4. The Balaban J connectivity index is 3.25. The maximum Gasteiger partial charge on any atom is 0.411 e. The number of aliphatic hydroxyl groups is 1. The standard InChI is InChI=1S/C8H15F3N2O3/c9-8(10,11)5-16-3-1-2-13-4-6(14)7(12)15/h6,13-14H,1-5H2,(H2,12,15). The maximum atomic E-state index is 11.6. The lowest BCUT2D eigenvalue weighted by atomic mass is 10.3. The number of alkyl halides is 3. The van der Waals surface area contributed by atoms with Gasteiger partial charge in [0.05, 0.1) is 0 Å². The van der Waals surface area contributed by atoms with Crippen LogP contribution in [0.2, 0.25) is 0 Å². The van der Waals surface area contributed by atoms with Gasteiger partial charge in [-0.05, 0) is 13.0 Å². The van der Waals surface area contributed by atoms with Crippen LogP contribution in [0.4, 0.5) is 13.2 Å². The topological polar surface area (TPSA) is 84.6 Å². The summed E-state index contributed by atoms with van der Waals surface area (Å²) in [6.07, 6.45) is -5.24. The molecule has 1 amide bonds. The lowest BCUT2D eigenvalue weighted by molar-refractivity contribution is -0.174. The molecule has 0 spiro atoms. The van der Waals surface area contributed by atoms with Crippen molar-refractivity contribution in [3.63, 3.8) is 0 Å². The molecule has 0 aromatic heterocycles. The molecule has 0 aromatic rings. The van der Waals surface area contributed by atoms with Crippen LogP contribution in [0.5, 0.6) is 0 Å². The van der Waals surface area contributed by atoms with Gasteiger partial charge in [-0.1, -0.05) is 0 Å². The smallest absolute Gasteiger partial charge is 0.382 e. The van der Waals surface area contributed by atoms with Crippen molar-refractivity contribution in [2.75, 3.05) is 26.3 Å². The third-order valence-corrected chi connectivity index (χ3v) is 1.57. The minimum atomic E-state index is -4.31. The van der Waals surface area contributed by atoms with E-state index in [4.69, 9.17) is 10.8 Å². The summed E-state index contributed by atoms with van der Waals surface area (Å²) in [7, 11) is 0. The second kappa shape index (κ2) is 7.42. The van der Waals surface area contributed by atoms with Gasteiger partial charge in [0.1, 0.15) is 12.7 Å². The summed E-state index contributed by atoms with van der Waals surface area (Å²) in [5.41, 5.74) is 4.77. The van der Waals surface area contributed by atoms with Crippen LogP contribution in [0.3, 0.4) is 0 Å². The van der Waals surface area contributed by atoms with Gasteiger partial charge < -0.3 is 20.9 Å². The zero-order valence-electron chi connectivity index (χ0n) is 8.59. The molecule has 8 heteroatoms. The van der Waals surface area contributed by atoms with Gasteiger partial charge in [-0.3, -0.25) is 4.79 Å². The van der Waals surface area contributed by atoms with E-state index in [-0.39, 0.29) is 13.2 Å². The van der Waals surface area contributed by atoms with Crippen molar-refractivity contribution in [2.24, 2.45) is 5.73 Å². The molecule has 96 valence electrons. The van der Waals surface area contributed by atoms with Crippen LogP contribution in [-0.4, -0.2) is 49.6 Å². The van der Waals surface area contributed by atoms with Crippen LogP contribution in [0, 0.1) is 0 Å². The summed E-state index contributed by atoms with van der Waals surface area (Å²) >= 11 is 0. The molecule has 0 radical (unpaired) electrons. The first-order valence-corrected chi connectivity index (χ1v) is 4.65. The summed E-state index contributed by atoms with van der Waals surface area (Å²) < 4.78 is 39.1. The first kappa shape index (κ1) is 15.1. The van der Waals surface area contributed by atoms with E-state index in [2.05, 4.69) is 10.1 Å². The summed E-state index contributed by atoms with van der Waals surface area (Å²) in [6.45, 7) is -0.993. The number of rotatable bonds is 8. The summed E-state index contributed by atoms with van der Waals surface area (Å²) in [5, 5.41) is 11.6. The molecule has 16 heavy (non-hydrogen) atoms. The van der Waals surface area contributed by atoms with Crippen LogP contribution in [-0.2, 0) is 9.53 Å². The number of carbonyl (C=O) groups is 1. The van der Waals surface area contributed by atoms with Crippen LogP contribution in [0.1, 0.15) is 6.42 Å². The van der Waals surface area contributed by atoms with E-state index in [0.717, 1.165) is 0 Å². The molecular formula is C8H15F3N2O3. The first-order valence-electron chi connectivity index (χ1n) is 4.65. The van der Waals surface area contributed by atoms with E-state index in [1.54, 1.807) is 0 Å². The van der Waals surface area contributed by atoms with Gasteiger partial charge in [0.15, 0.2) is 0 Å². The van der Waals surface area contributed by atoms with Crippen molar-refractivity contribution in [1.82, 2.24) is 5.32 Å². The fraction of sp³-hybridized carbons (Fsp3) is 0.875. The van der Waals surface area contributed by atoms with Crippen molar-refractivity contribution >= 4 is 5.91 Å². The van der Waals surface area contributed by atoms with Crippen LogP contribution in [0.25, 0.3) is 0 Å². The molecule has 0 aromatic carbocycles. The Morgan fingerprint density at radius 3 is 2.62 bits per heavy atom. The molecule has 0 fully saturated rings. The van der Waals surface area contributed by atoms with Gasteiger partial charge in [-0.15, -0.1) is 0 Å². The molecule has 0 bridgehead atoms. The highest BCUT2D eigenvalue weighted by molar-refractivity contribution is 5.78. The average molecular weight is 244 g/mol. The number of hydrogen-bond acceptors (Lipinski definition) is 4. The predicted molar refractivity (Wildman–Crippen MR) is 49.6 cm³/mol. The number of ether oxygens (including phenoxy) is 1. The Kier molecular flexibility index (Phi) is 7.02. The Morgan fingerprint density at radius 2 is 2.12 bits per heavy atom. The van der Waals surface area contributed by atoms with Gasteiger partial charge in [0, 0.05) is 13.2 Å². The quantitative estimate of drug-likeness (QED) is 0.497. The molecule has 1 atom stereocenters. The number of aliphatic hydroxyl groups excluding tert-OH is 1. The molecule has 0 saturated heterocycles. The number of carbonyl (C=O) groups excluding carboxylic acids is 1. The van der Waals surface area contributed by atoms with Crippen molar-refractivity contribution in [2.45, 2.75) is 18.7 Å². The van der Waals surface area contributed by atoms with E-state index < -0.39 is 24.8 Å². The van der Waals surface area contributed by atoms with E-state index in [1.807, 2.05) is 0 Å². The van der Waals surface area contributed by atoms with Crippen molar-refractivity contribution < 1.29 is 27.8 Å². The molecule has 0 saturated carbocycles. The number of primary amides is 1. The lowest BCUT2D eigenvalue weighted by Crippen LogP contribution is -2.38. The second-order valence-electron chi connectivity index (χ2n) is 3.14. The molecule has 0 heterocycles. The predicted octanol–water partition coefficient (Wildman–Crippen LogP) is -0.609.